The number of hydrogen-bond donors (Lipinski definition) is 1. The molecule has 6 nitrogen and oxygen atoms in total. The number of ether oxygens (including phenoxy) is 3. The summed E-state index contributed by atoms with van der Waals surface area (Å²) in [5, 5.41) is 10.2. The number of hydrogen-bond acceptors (Lipinski definition) is 5. The molecule has 0 fully saturated rings. The van der Waals surface area contributed by atoms with Crippen LogP contribution in [0.2, 0.25) is 0 Å². The first kappa shape index (κ1) is 33.8. The van der Waals surface area contributed by atoms with Crippen LogP contribution < -0.4 is 4.74 Å². The number of rotatable bonds is 16. The van der Waals surface area contributed by atoms with Crippen LogP contribution in [0, 0.1) is 0 Å². The van der Waals surface area contributed by atoms with Crippen LogP contribution in [-0.2, 0) is 19.7 Å². The Morgan fingerprint density at radius 3 is 2.30 bits per heavy atom. The summed E-state index contributed by atoms with van der Waals surface area (Å²) in [5.74, 6) is -2.34. The number of alkyl halides is 4. The maximum absolute atomic E-state index is 16.0. The lowest BCUT2D eigenvalue weighted by molar-refractivity contribution is -0.206. The van der Waals surface area contributed by atoms with Gasteiger partial charge in [-0.15, -0.1) is 0 Å². The fraction of sp³-hybridized carbons (Fsp3) is 0.455. The summed E-state index contributed by atoms with van der Waals surface area (Å²) in [5.41, 5.74) is -2.09. The van der Waals surface area contributed by atoms with Crippen molar-refractivity contribution in [1.29, 1.82) is 0 Å². The van der Waals surface area contributed by atoms with E-state index in [4.69, 9.17) is 14.2 Å². The van der Waals surface area contributed by atoms with E-state index < -0.39 is 47.8 Å². The van der Waals surface area contributed by atoms with E-state index in [0.717, 1.165) is 43.9 Å². The van der Waals surface area contributed by atoms with Crippen molar-refractivity contribution in [2.75, 3.05) is 20.3 Å². The van der Waals surface area contributed by atoms with E-state index in [2.05, 4.69) is 0 Å². The van der Waals surface area contributed by atoms with E-state index in [1.165, 1.54) is 24.3 Å². The van der Waals surface area contributed by atoms with Crippen molar-refractivity contribution in [2.24, 2.45) is 0 Å². The Hall–Kier alpha value is -3.66. The molecule has 10 heteroatoms. The van der Waals surface area contributed by atoms with Gasteiger partial charge in [0, 0.05) is 13.7 Å². The third-order valence-electron chi connectivity index (χ3n) is 7.37. The molecule has 3 unspecified atom stereocenters. The van der Waals surface area contributed by atoms with Gasteiger partial charge >= 0.3 is 18.1 Å². The maximum Gasteiger partial charge on any atom is 0.425 e. The van der Waals surface area contributed by atoms with E-state index in [0.29, 0.717) is 36.5 Å². The number of carboxylic acid groups (broad SMARTS) is 1. The second-order valence-corrected chi connectivity index (χ2v) is 10.4. The van der Waals surface area contributed by atoms with Gasteiger partial charge in [0.05, 0.1) is 12.2 Å². The Kier molecular flexibility index (Phi) is 12.4. The van der Waals surface area contributed by atoms with Gasteiger partial charge in [-0.1, -0.05) is 68.7 Å². The number of aliphatic carboxylic acids is 1. The molecule has 0 saturated carbocycles. The molecule has 1 aliphatic carbocycles. The van der Waals surface area contributed by atoms with Crippen molar-refractivity contribution in [3.8, 4) is 5.75 Å². The minimum absolute atomic E-state index is 0.205. The number of halogens is 4. The highest BCUT2D eigenvalue weighted by molar-refractivity contribution is 5.97. The highest BCUT2D eigenvalue weighted by Crippen LogP contribution is 2.41. The smallest absolute Gasteiger partial charge is 0.425 e. The van der Waals surface area contributed by atoms with Crippen LogP contribution in [0.25, 0.3) is 5.57 Å². The van der Waals surface area contributed by atoms with Crippen LogP contribution in [0.4, 0.5) is 17.6 Å². The highest BCUT2D eigenvalue weighted by atomic mass is 19.4. The van der Waals surface area contributed by atoms with E-state index in [1.54, 1.807) is 31.4 Å². The second kappa shape index (κ2) is 15.7. The molecule has 0 radical (unpaired) electrons. The number of carbonyl (C=O) groups is 2. The lowest BCUT2D eigenvalue weighted by Gasteiger charge is -2.33. The zero-order valence-electron chi connectivity index (χ0n) is 24.4. The number of carbonyl (C=O) groups excluding carboxylic acids is 1. The minimum atomic E-state index is -4.81. The van der Waals surface area contributed by atoms with Crippen molar-refractivity contribution < 1.29 is 46.5 Å². The van der Waals surface area contributed by atoms with Crippen LogP contribution in [-0.4, -0.2) is 55.8 Å². The van der Waals surface area contributed by atoms with Crippen molar-refractivity contribution in [2.45, 2.75) is 75.7 Å². The van der Waals surface area contributed by atoms with Gasteiger partial charge in [-0.25, -0.2) is 9.18 Å². The van der Waals surface area contributed by atoms with E-state index >= 15 is 4.39 Å². The molecule has 0 aliphatic heterocycles. The lowest BCUT2D eigenvalue weighted by atomic mass is 9.71. The number of methoxy groups -OCH3 is 1. The van der Waals surface area contributed by atoms with Gasteiger partial charge in [0.1, 0.15) is 17.3 Å². The topological polar surface area (TPSA) is 82.1 Å². The average Bonchev–Trinajstić information content (AvgIpc) is 2.98. The van der Waals surface area contributed by atoms with Gasteiger partial charge in [0.15, 0.2) is 6.10 Å². The van der Waals surface area contributed by atoms with Gasteiger partial charge in [0.2, 0.25) is 0 Å². The van der Waals surface area contributed by atoms with Crippen LogP contribution in [0.15, 0.2) is 66.8 Å². The molecule has 0 heterocycles. The molecule has 43 heavy (non-hydrogen) atoms. The molecule has 0 aromatic heterocycles. The normalized spacial score (nSPS) is 19.0. The standard InChI is InChI=1S/C33H38F4O6/c1-3-4-5-6-13-29(33(35,36)37)43-30(38)26-11-7-8-12-27(26)32(31(39)40)19-18-24(22-28(32)34)23-14-16-25(17-15-23)42-21-10-9-20-41-2/h7-8,11-12,14-19,22,28-29H,3-6,9-10,13,20-21H2,1-2H3,(H,39,40). The van der Waals surface area contributed by atoms with E-state index in [-0.39, 0.29) is 12.0 Å². The summed E-state index contributed by atoms with van der Waals surface area (Å²) in [6.45, 7) is 3.07. The Morgan fingerprint density at radius 2 is 1.67 bits per heavy atom. The average molecular weight is 607 g/mol. The zero-order chi connectivity index (χ0) is 31.5. The molecule has 234 valence electrons. The molecule has 1 aliphatic rings. The summed E-state index contributed by atoms with van der Waals surface area (Å²) in [6, 6.07) is 12.0. The number of benzene rings is 2. The highest BCUT2D eigenvalue weighted by Gasteiger charge is 2.50. The third-order valence-corrected chi connectivity index (χ3v) is 7.37. The van der Waals surface area contributed by atoms with E-state index in [9.17, 15) is 27.9 Å². The Labute approximate surface area is 249 Å². The molecular weight excluding hydrogens is 568 g/mol. The van der Waals surface area contributed by atoms with Crippen LogP contribution >= 0.6 is 0 Å². The first-order chi connectivity index (χ1) is 20.5. The summed E-state index contributed by atoms with van der Waals surface area (Å²) in [6.07, 6.45) is -2.05. The molecule has 0 spiro atoms. The quantitative estimate of drug-likeness (QED) is 0.119. The number of unbranched alkanes of at least 4 members (excludes halogenated alkanes) is 4. The summed E-state index contributed by atoms with van der Waals surface area (Å²) < 4.78 is 72.7. The van der Waals surface area contributed by atoms with Crippen molar-refractivity contribution in [3.63, 3.8) is 0 Å². The van der Waals surface area contributed by atoms with Crippen molar-refractivity contribution in [3.05, 3.63) is 83.4 Å². The van der Waals surface area contributed by atoms with Gasteiger partial charge in [-0.3, -0.25) is 4.79 Å². The fourth-order valence-corrected chi connectivity index (χ4v) is 4.94. The zero-order valence-corrected chi connectivity index (χ0v) is 24.4. The number of esters is 1. The molecule has 3 rings (SSSR count). The third kappa shape index (κ3) is 8.69. The van der Waals surface area contributed by atoms with Crippen LogP contribution in [0.5, 0.6) is 5.75 Å². The summed E-state index contributed by atoms with van der Waals surface area (Å²) >= 11 is 0. The monoisotopic (exact) mass is 606 g/mol. The number of allylic oxidation sites excluding steroid dienone is 3. The maximum atomic E-state index is 16.0. The minimum Gasteiger partial charge on any atom is -0.494 e. The lowest BCUT2D eigenvalue weighted by Crippen LogP contribution is -2.45. The number of carboxylic acids is 1. The van der Waals surface area contributed by atoms with Crippen LogP contribution in [0.3, 0.4) is 0 Å². The molecule has 3 atom stereocenters. The van der Waals surface area contributed by atoms with Gasteiger partial charge in [0.25, 0.3) is 0 Å². The van der Waals surface area contributed by atoms with Gasteiger partial charge in [-0.2, -0.15) is 13.2 Å². The molecule has 0 amide bonds. The predicted molar refractivity (Wildman–Crippen MR) is 155 cm³/mol. The first-order valence-electron chi connectivity index (χ1n) is 14.4. The summed E-state index contributed by atoms with van der Waals surface area (Å²) in [7, 11) is 1.63. The summed E-state index contributed by atoms with van der Waals surface area (Å²) in [4.78, 5) is 25.7. The SMILES string of the molecule is CCCCCCC(OC(=O)c1ccccc1C1(C(=O)O)C=CC(c2ccc(OCCCCOC)cc2)=CC1F)C(F)(F)F. The Morgan fingerprint density at radius 1 is 0.977 bits per heavy atom. The molecule has 2 aromatic carbocycles. The molecule has 0 saturated heterocycles. The van der Waals surface area contributed by atoms with Crippen LogP contribution in [0.1, 0.15) is 73.4 Å². The molecular formula is C33H38F4O6. The Balaban J connectivity index is 1.83. The van der Waals surface area contributed by atoms with Gasteiger partial charge in [-0.05, 0) is 66.7 Å². The largest absolute Gasteiger partial charge is 0.494 e. The second-order valence-electron chi connectivity index (χ2n) is 10.4. The van der Waals surface area contributed by atoms with Gasteiger partial charge < -0.3 is 19.3 Å². The molecule has 0 bridgehead atoms. The van der Waals surface area contributed by atoms with E-state index in [1.807, 2.05) is 6.92 Å². The van der Waals surface area contributed by atoms with Crippen molar-refractivity contribution in [1.82, 2.24) is 0 Å². The fourth-order valence-electron chi connectivity index (χ4n) is 4.94. The Bertz CT molecular complexity index is 1270. The first-order valence-corrected chi connectivity index (χ1v) is 14.4. The predicted octanol–water partition coefficient (Wildman–Crippen LogP) is 7.86. The molecule has 1 N–H and O–H groups in total. The molecule has 2 aromatic rings. The van der Waals surface area contributed by atoms with Crippen molar-refractivity contribution >= 4 is 17.5 Å².